The molecule has 2 fully saturated rings. The van der Waals surface area contributed by atoms with Gasteiger partial charge in [0.15, 0.2) is 11.6 Å². The number of anilines is 1. The van der Waals surface area contributed by atoms with E-state index in [2.05, 4.69) is 15.3 Å². The van der Waals surface area contributed by atoms with Gasteiger partial charge in [-0.1, -0.05) is 12.1 Å². The van der Waals surface area contributed by atoms with E-state index in [1.54, 1.807) is 27.9 Å². The third-order valence-electron chi connectivity index (χ3n) is 8.24. The van der Waals surface area contributed by atoms with Crippen LogP contribution in [0.5, 0.6) is 0 Å². The SMILES string of the molecule is CC(C)(C)OC(=O)N1CCN(c2nc(CCCNC3C[C@H]3c3ccc(F)cc3)cn(-c3ccc(-c4ncccn4)cc3)c2=O)CC1. The molecule has 1 amide bonds. The maximum absolute atomic E-state index is 13.9. The Labute approximate surface area is 268 Å². The number of carbonyl (C=O) groups is 1. The quantitative estimate of drug-likeness (QED) is 0.260. The number of piperazine rings is 1. The molecule has 1 unspecified atom stereocenters. The Balaban J connectivity index is 1.17. The molecule has 2 aliphatic rings. The summed E-state index contributed by atoms with van der Waals surface area (Å²) in [5, 5.41) is 3.62. The fraction of sp³-hybridized carbons (Fsp3) is 0.400. The summed E-state index contributed by atoms with van der Waals surface area (Å²) in [7, 11) is 0. The number of carbonyl (C=O) groups excluding carboxylic acids is 1. The van der Waals surface area contributed by atoms with E-state index < -0.39 is 5.60 Å². The lowest BCUT2D eigenvalue weighted by Crippen LogP contribution is -2.51. The van der Waals surface area contributed by atoms with E-state index in [-0.39, 0.29) is 17.5 Å². The molecule has 0 bridgehead atoms. The van der Waals surface area contributed by atoms with Gasteiger partial charge in [0.1, 0.15) is 11.4 Å². The van der Waals surface area contributed by atoms with E-state index in [1.165, 1.54) is 12.1 Å². The molecule has 46 heavy (non-hydrogen) atoms. The monoisotopic (exact) mass is 625 g/mol. The summed E-state index contributed by atoms with van der Waals surface area (Å²) in [5.74, 6) is 1.19. The number of nitrogens with zero attached hydrogens (tertiary/aromatic N) is 6. The molecular weight excluding hydrogens is 585 g/mol. The lowest BCUT2D eigenvalue weighted by Gasteiger charge is -2.36. The smallest absolute Gasteiger partial charge is 0.410 e. The number of aryl methyl sites for hydroxylation is 1. The van der Waals surface area contributed by atoms with Crippen LogP contribution in [-0.2, 0) is 11.2 Å². The van der Waals surface area contributed by atoms with Gasteiger partial charge in [-0.3, -0.25) is 9.36 Å². The summed E-state index contributed by atoms with van der Waals surface area (Å²) in [6, 6.07) is 16.5. The second kappa shape index (κ2) is 13.4. The second-order valence-corrected chi connectivity index (χ2v) is 12.9. The zero-order valence-electron chi connectivity index (χ0n) is 26.5. The Bertz CT molecular complexity index is 1700. The van der Waals surface area contributed by atoms with Gasteiger partial charge in [0.05, 0.1) is 5.69 Å². The molecule has 2 aromatic heterocycles. The van der Waals surface area contributed by atoms with Gasteiger partial charge in [0.25, 0.3) is 5.56 Å². The molecule has 6 rings (SSSR count). The van der Waals surface area contributed by atoms with Gasteiger partial charge < -0.3 is 19.9 Å². The molecule has 3 heterocycles. The van der Waals surface area contributed by atoms with Crippen LogP contribution in [0.3, 0.4) is 0 Å². The van der Waals surface area contributed by atoms with Gasteiger partial charge in [0, 0.05) is 68.0 Å². The van der Waals surface area contributed by atoms with E-state index in [4.69, 9.17) is 9.72 Å². The highest BCUT2D eigenvalue weighted by atomic mass is 19.1. The number of nitrogens with one attached hydrogen (secondary N) is 1. The average molecular weight is 626 g/mol. The molecule has 2 atom stereocenters. The van der Waals surface area contributed by atoms with Crippen LogP contribution in [0.4, 0.5) is 15.0 Å². The Morgan fingerprint density at radius 1 is 1.00 bits per heavy atom. The lowest BCUT2D eigenvalue weighted by molar-refractivity contribution is 0.0240. The van der Waals surface area contributed by atoms with Crippen LogP contribution in [-0.4, -0.2) is 74.9 Å². The van der Waals surface area contributed by atoms with Crippen LogP contribution < -0.4 is 15.8 Å². The first-order valence-corrected chi connectivity index (χ1v) is 15.9. The van der Waals surface area contributed by atoms with Crippen molar-refractivity contribution in [1.82, 2.24) is 29.7 Å². The van der Waals surface area contributed by atoms with Gasteiger partial charge in [-0.25, -0.2) is 24.1 Å². The van der Waals surface area contributed by atoms with Crippen molar-refractivity contribution in [3.05, 3.63) is 101 Å². The van der Waals surface area contributed by atoms with Crippen LogP contribution in [0.2, 0.25) is 0 Å². The summed E-state index contributed by atoms with van der Waals surface area (Å²) >= 11 is 0. The number of amides is 1. The number of rotatable bonds is 9. The molecule has 1 saturated heterocycles. The maximum atomic E-state index is 13.9. The summed E-state index contributed by atoms with van der Waals surface area (Å²) in [5.41, 5.74) is 2.77. The number of benzene rings is 2. The number of halogens is 1. The third kappa shape index (κ3) is 7.59. The minimum atomic E-state index is -0.573. The van der Waals surface area contributed by atoms with Gasteiger partial charge in [0.2, 0.25) is 0 Å². The predicted molar refractivity (Wildman–Crippen MR) is 175 cm³/mol. The predicted octanol–water partition coefficient (Wildman–Crippen LogP) is 4.96. The van der Waals surface area contributed by atoms with Crippen molar-refractivity contribution in [2.24, 2.45) is 0 Å². The van der Waals surface area contributed by atoms with Crippen molar-refractivity contribution in [3.8, 4) is 17.1 Å². The number of ether oxygens (including phenoxy) is 1. The van der Waals surface area contributed by atoms with E-state index >= 15 is 0 Å². The Kier molecular flexibility index (Phi) is 9.12. The molecule has 0 radical (unpaired) electrons. The molecule has 0 spiro atoms. The largest absolute Gasteiger partial charge is 0.444 e. The fourth-order valence-electron chi connectivity index (χ4n) is 5.75. The van der Waals surface area contributed by atoms with E-state index in [9.17, 15) is 14.0 Å². The number of aromatic nitrogens is 4. The second-order valence-electron chi connectivity index (χ2n) is 12.9. The van der Waals surface area contributed by atoms with Crippen molar-refractivity contribution in [3.63, 3.8) is 0 Å². The first kappa shape index (κ1) is 31.3. The first-order chi connectivity index (χ1) is 22.1. The summed E-state index contributed by atoms with van der Waals surface area (Å²) in [4.78, 5) is 43.7. The summed E-state index contributed by atoms with van der Waals surface area (Å²) in [6.07, 6.45) is 7.44. The van der Waals surface area contributed by atoms with Crippen LogP contribution in [0.15, 0.2) is 78.0 Å². The van der Waals surface area contributed by atoms with E-state index in [1.807, 2.05) is 68.3 Å². The number of hydrogen-bond acceptors (Lipinski definition) is 8. The van der Waals surface area contributed by atoms with Crippen molar-refractivity contribution >= 4 is 11.9 Å². The first-order valence-electron chi connectivity index (χ1n) is 15.9. The van der Waals surface area contributed by atoms with Crippen molar-refractivity contribution in [2.45, 2.75) is 57.6 Å². The molecule has 240 valence electrons. The zero-order valence-corrected chi connectivity index (χ0v) is 26.5. The molecule has 11 heteroatoms. The van der Waals surface area contributed by atoms with Gasteiger partial charge in [-0.2, -0.15) is 0 Å². The Morgan fingerprint density at radius 3 is 2.37 bits per heavy atom. The summed E-state index contributed by atoms with van der Waals surface area (Å²) < 4.78 is 20.5. The standard InChI is InChI=1S/C35H40FN7O3/c1-35(2,3)46-34(45)42-20-18-41(19-21-42)32-33(44)43(28-13-9-25(10-14-28)31-38-16-5-17-39-31)23-27(40-32)6-4-15-37-30-22-29(30)24-7-11-26(36)12-8-24/h5,7-14,16-17,23,29-30,37H,4,6,15,18-22H2,1-3H3/t29-,30?/m0/s1. The molecule has 1 N–H and O–H groups in total. The fourth-order valence-corrected chi connectivity index (χ4v) is 5.75. The van der Waals surface area contributed by atoms with Crippen LogP contribution in [0.25, 0.3) is 17.1 Å². The van der Waals surface area contributed by atoms with Gasteiger partial charge >= 0.3 is 6.09 Å². The van der Waals surface area contributed by atoms with Crippen LogP contribution in [0, 0.1) is 5.82 Å². The lowest BCUT2D eigenvalue weighted by atomic mass is 10.1. The molecular formula is C35H40FN7O3. The maximum Gasteiger partial charge on any atom is 0.410 e. The molecule has 1 saturated carbocycles. The van der Waals surface area contributed by atoms with Crippen molar-refractivity contribution in [2.75, 3.05) is 37.6 Å². The molecule has 1 aliphatic heterocycles. The van der Waals surface area contributed by atoms with E-state index in [0.29, 0.717) is 56.2 Å². The highest BCUT2D eigenvalue weighted by Gasteiger charge is 2.37. The molecule has 2 aromatic carbocycles. The highest BCUT2D eigenvalue weighted by Crippen LogP contribution is 2.40. The van der Waals surface area contributed by atoms with Gasteiger partial charge in [-0.15, -0.1) is 0 Å². The minimum Gasteiger partial charge on any atom is -0.444 e. The van der Waals surface area contributed by atoms with Gasteiger partial charge in [-0.05, 0) is 94.6 Å². The Hall–Kier alpha value is -4.64. The normalized spacial score (nSPS) is 18.0. The minimum absolute atomic E-state index is 0.212. The van der Waals surface area contributed by atoms with Crippen LogP contribution >= 0.6 is 0 Å². The van der Waals surface area contributed by atoms with E-state index in [0.717, 1.165) is 41.9 Å². The molecule has 1 aliphatic carbocycles. The topological polar surface area (TPSA) is 105 Å². The zero-order chi connectivity index (χ0) is 32.3. The van der Waals surface area contributed by atoms with Crippen molar-refractivity contribution < 1.29 is 13.9 Å². The number of hydrogen-bond donors (Lipinski definition) is 1. The molecule has 10 nitrogen and oxygen atoms in total. The highest BCUT2D eigenvalue weighted by molar-refractivity contribution is 5.68. The van der Waals surface area contributed by atoms with Crippen molar-refractivity contribution in [1.29, 1.82) is 0 Å². The Morgan fingerprint density at radius 2 is 1.70 bits per heavy atom. The summed E-state index contributed by atoms with van der Waals surface area (Å²) in [6.45, 7) is 8.18. The molecule has 4 aromatic rings. The average Bonchev–Trinajstić information content (AvgIpc) is 3.83. The third-order valence-corrected chi connectivity index (χ3v) is 8.24. The van der Waals surface area contributed by atoms with Crippen LogP contribution in [0.1, 0.15) is 50.8 Å².